The Bertz CT molecular complexity index is 767. The van der Waals surface area contributed by atoms with E-state index in [1.165, 1.54) is 16.9 Å². The quantitative estimate of drug-likeness (QED) is 0.671. The summed E-state index contributed by atoms with van der Waals surface area (Å²) in [5.74, 6) is 0.109. The Balaban J connectivity index is 1.29. The standard InChI is InChI=1S/C22H29N3O2S/c1-17-9-10-20(28-17)22(27)24-19-11-14-25(15-12-19)16-21(26)23-13-5-8-18-6-3-2-4-7-18/h2-4,6-7,9-10,19H,5,8,11-16H2,1H3,(H,23,26)(H,24,27). The smallest absolute Gasteiger partial charge is 0.261 e. The van der Waals surface area contributed by atoms with Crippen LogP contribution in [0.5, 0.6) is 0 Å². The van der Waals surface area contributed by atoms with Crippen molar-refractivity contribution in [2.24, 2.45) is 0 Å². The van der Waals surface area contributed by atoms with Gasteiger partial charge in [0.05, 0.1) is 11.4 Å². The lowest BCUT2D eigenvalue weighted by Crippen LogP contribution is -2.47. The fourth-order valence-corrected chi connectivity index (χ4v) is 4.24. The van der Waals surface area contributed by atoms with Gasteiger partial charge in [-0.3, -0.25) is 14.5 Å². The van der Waals surface area contributed by atoms with E-state index in [2.05, 4.69) is 27.7 Å². The molecule has 5 nitrogen and oxygen atoms in total. The largest absolute Gasteiger partial charge is 0.355 e. The predicted molar refractivity (Wildman–Crippen MR) is 114 cm³/mol. The van der Waals surface area contributed by atoms with E-state index in [1.807, 2.05) is 37.3 Å². The van der Waals surface area contributed by atoms with Crippen molar-refractivity contribution in [1.29, 1.82) is 0 Å². The molecule has 0 unspecified atom stereocenters. The van der Waals surface area contributed by atoms with E-state index in [-0.39, 0.29) is 17.9 Å². The van der Waals surface area contributed by atoms with Gasteiger partial charge in [-0.15, -0.1) is 11.3 Å². The van der Waals surface area contributed by atoms with Gasteiger partial charge in [0.1, 0.15) is 0 Å². The lowest BCUT2D eigenvalue weighted by Gasteiger charge is -2.31. The molecule has 2 heterocycles. The number of hydrogen-bond acceptors (Lipinski definition) is 4. The molecule has 2 amide bonds. The van der Waals surface area contributed by atoms with Crippen molar-refractivity contribution in [2.75, 3.05) is 26.2 Å². The molecule has 1 aromatic carbocycles. The molecule has 0 atom stereocenters. The molecule has 0 aliphatic carbocycles. The van der Waals surface area contributed by atoms with E-state index in [0.717, 1.165) is 48.5 Å². The molecule has 1 fully saturated rings. The number of nitrogens with one attached hydrogen (secondary N) is 2. The Morgan fingerprint density at radius 2 is 1.86 bits per heavy atom. The highest BCUT2D eigenvalue weighted by Gasteiger charge is 2.22. The van der Waals surface area contributed by atoms with Gasteiger partial charge in [-0.05, 0) is 50.3 Å². The summed E-state index contributed by atoms with van der Waals surface area (Å²) in [4.78, 5) is 28.5. The van der Waals surface area contributed by atoms with Crippen LogP contribution in [0.1, 0.15) is 39.4 Å². The van der Waals surface area contributed by atoms with Crippen LogP contribution in [0.2, 0.25) is 0 Å². The maximum absolute atomic E-state index is 12.3. The number of rotatable bonds is 8. The first-order valence-corrected chi connectivity index (χ1v) is 10.8. The van der Waals surface area contributed by atoms with Crippen LogP contribution in [0, 0.1) is 6.92 Å². The van der Waals surface area contributed by atoms with Gasteiger partial charge in [-0.1, -0.05) is 30.3 Å². The summed E-state index contributed by atoms with van der Waals surface area (Å²) >= 11 is 1.53. The van der Waals surface area contributed by atoms with Gasteiger partial charge >= 0.3 is 0 Å². The Labute approximate surface area is 171 Å². The van der Waals surface area contributed by atoms with E-state index in [1.54, 1.807) is 0 Å². The number of carbonyl (C=O) groups is 2. The summed E-state index contributed by atoms with van der Waals surface area (Å²) < 4.78 is 0. The normalized spacial score (nSPS) is 15.3. The highest BCUT2D eigenvalue weighted by atomic mass is 32.1. The van der Waals surface area contributed by atoms with Crippen LogP contribution in [0.25, 0.3) is 0 Å². The molecule has 6 heteroatoms. The number of hydrogen-bond donors (Lipinski definition) is 2. The molecule has 2 N–H and O–H groups in total. The van der Waals surface area contributed by atoms with Gasteiger partial charge in [0, 0.05) is 30.6 Å². The molecule has 1 aromatic heterocycles. The highest BCUT2D eigenvalue weighted by Crippen LogP contribution is 2.16. The zero-order valence-corrected chi connectivity index (χ0v) is 17.3. The SMILES string of the molecule is Cc1ccc(C(=O)NC2CCN(CC(=O)NCCCc3ccccc3)CC2)s1. The Hall–Kier alpha value is -2.18. The third-order valence-corrected chi connectivity index (χ3v) is 6.06. The number of benzene rings is 1. The number of amides is 2. The molecular weight excluding hydrogens is 370 g/mol. The average Bonchev–Trinajstić information content (AvgIpc) is 3.14. The molecule has 28 heavy (non-hydrogen) atoms. The molecule has 150 valence electrons. The Morgan fingerprint density at radius 1 is 1.11 bits per heavy atom. The van der Waals surface area contributed by atoms with E-state index >= 15 is 0 Å². The Morgan fingerprint density at radius 3 is 2.54 bits per heavy atom. The van der Waals surface area contributed by atoms with Crippen LogP contribution in [0.15, 0.2) is 42.5 Å². The second-order valence-electron chi connectivity index (χ2n) is 7.37. The minimum absolute atomic E-state index is 0.0210. The first kappa shape index (κ1) is 20.6. The van der Waals surface area contributed by atoms with Gasteiger partial charge in [0.2, 0.25) is 5.91 Å². The summed E-state index contributed by atoms with van der Waals surface area (Å²) in [6.07, 6.45) is 3.71. The fourth-order valence-electron chi connectivity index (χ4n) is 3.47. The molecule has 3 rings (SSSR count). The first-order chi connectivity index (χ1) is 13.6. The summed E-state index contributed by atoms with van der Waals surface area (Å²) in [6.45, 7) is 4.83. The maximum Gasteiger partial charge on any atom is 0.261 e. The zero-order valence-electron chi connectivity index (χ0n) is 16.4. The van der Waals surface area contributed by atoms with Crippen LogP contribution in [0.3, 0.4) is 0 Å². The van der Waals surface area contributed by atoms with Gasteiger partial charge < -0.3 is 10.6 Å². The fraction of sp³-hybridized carbons (Fsp3) is 0.455. The van der Waals surface area contributed by atoms with E-state index in [9.17, 15) is 9.59 Å². The van der Waals surface area contributed by atoms with Gasteiger partial charge in [0.15, 0.2) is 0 Å². The number of aryl methyl sites for hydroxylation is 2. The number of carbonyl (C=O) groups excluding carboxylic acids is 2. The molecule has 0 bridgehead atoms. The zero-order chi connectivity index (χ0) is 19.8. The van der Waals surface area contributed by atoms with Crippen molar-refractivity contribution < 1.29 is 9.59 Å². The molecule has 0 saturated carbocycles. The van der Waals surface area contributed by atoms with Crippen molar-refractivity contribution in [3.05, 3.63) is 57.8 Å². The number of likely N-dealkylation sites (tertiary alicyclic amines) is 1. The molecule has 1 aliphatic heterocycles. The lowest BCUT2D eigenvalue weighted by molar-refractivity contribution is -0.122. The van der Waals surface area contributed by atoms with Crippen molar-refractivity contribution in [3.63, 3.8) is 0 Å². The first-order valence-electron chi connectivity index (χ1n) is 10.0. The van der Waals surface area contributed by atoms with Crippen LogP contribution in [0.4, 0.5) is 0 Å². The van der Waals surface area contributed by atoms with Gasteiger partial charge in [-0.2, -0.15) is 0 Å². The minimum Gasteiger partial charge on any atom is -0.355 e. The Kier molecular flexibility index (Phi) is 7.62. The van der Waals surface area contributed by atoms with E-state index in [4.69, 9.17) is 0 Å². The minimum atomic E-state index is 0.0210. The summed E-state index contributed by atoms with van der Waals surface area (Å²) in [7, 11) is 0. The van der Waals surface area contributed by atoms with Gasteiger partial charge in [0.25, 0.3) is 5.91 Å². The summed E-state index contributed by atoms with van der Waals surface area (Å²) in [6, 6.07) is 14.4. The molecule has 1 aliphatic rings. The number of piperidine rings is 1. The van der Waals surface area contributed by atoms with Gasteiger partial charge in [-0.25, -0.2) is 0 Å². The van der Waals surface area contributed by atoms with Crippen LogP contribution in [-0.4, -0.2) is 48.9 Å². The molecular formula is C22H29N3O2S. The van der Waals surface area contributed by atoms with Crippen LogP contribution >= 0.6 is 11.3 Å². The second-order valence-corrected chi connectivity index (χ2v) is 8.66. The van der Waals surface area contributed by atoms with Crippen LogP contribution < -0.4 is 10.6 Å². The second kappa shape index (κ2) is 10.4. The number of nitrogens with zero attached hydrogens (tertiary/aromatic N) is 1. The topological polar surface area (TPSA) is 61.4 Å². The van der Waals surface area contributed by atoms with Crippen molar-refractivity contribution in [2.45, 2.75) is 38.6 Å². The highest BCUT2D eigenvalue weighted by molar-refractivity contribution is 7.13. The van der Waals surface area contributed by atoms with Crippen molar-refractivity contribution >= 4 is 23.2 Å². The van der Waals surface area contributed by atoms with Crippen LogP contribution in [-0.2, 0) is 11.2 Å². The monoisotopic (exact) mass is 399 g/mol. The van der Waals surface area contributed by atoms with E-state index in [0.29, 0.717) is 13.1 Å². The third kappa shape index (κ3) is 6.46. The van der Waals surface area contributed by atoms with Crippen molar-refractivity contribution in [1.82, 2.24) is 15.5 Å². The lowest BCUT2D eigenvalue weighted by atomic mass is 10.0. The third-order valence-electron chi connectivity index (χ3n) is 5.06. The van der Waals surface area contributed by atoms with E-state index < -0.39 is 0 Å². The predicted octanol–water partition coefficient (Wildman–Crippen LogP) is 3.00. The average molecular weight is 400 g/mol. The molecule has 0 spiro atoms. The summed E-state index contributed by atoms with van der Waals surface area (Å²) in [5.41, 5.74) is 1.30. The maximum atomic E-state index is 12.3. The summed E-state index contributed by atoms with van der Waals surface area (Å²) in [5, 5.41) is 6.14. The molecule has 1 saturated heterocycles. The molecule has 0 radical (unpaired) electrons. The number of thiophene rings is 1. The van der Waals surface area contributed by atoms with Crippen molar-refractivity contribution in [3.8, 4) is 0 Å². The molecule has 2 aromatic rings.